The van der Waals surface area contributed by atoms with E-state index in [1.54, 1.807) is 0 Å². The van der Waals surface area contributed by atoms with Crippen LogP contribution in [-0.4, -0.2) is 20.3 Å². The van der Waals surface area contributed by atoms with Crippen molar-refractivity contribution in [3.63, 3.8) is 0 Å². The number of phosphoric acid groups is 1. The first-order valence-electron chi connectivity index (χ1n) is 12.2. The average Bonchev–Trinajstić information content (AvgIpc) is 2.77. The summed E-state index contributed by atoms with van der Waals surface area (Å²) in [4.78, 5) is 0. The van der Waals surface area contributed by atoms with Crippen LogP contribution in [0.1, 0.15) is 102 Å². The Morgan fingerprint density at radius 1 is 0.667 bits per heavy atom. The van der Waals surface area contributed by atoms with Gasteiger partial charge >= 0.3 is 7.82 Å². The molecule has 0 aromatic heterocycles. The Balaban J connectivity index is 1.91. The highest BCUT2D eigenvalue weighted by Crippen LogP contribution is 2.48. The van der Waals surface area contributed by atoms with Gasteiger partial charge in [0, 0.05) is 7.11 Å². The fraction of sp³-hybridized carbons (Fsp3) is 0.760. The van der Waals surface area contributed by atoms with Crippen molar-refractivity contribution in [2.45, 2.75) is 103 Å². The van der Waals surface area contributed by atoms with E-state index in [1.165, 1.54) is 84.2 Å². The first-order chi connectivity index (χ1) is 14.7. The Kier molecular flexibility index (Phi) is 17.4. The van der Waals surface area contributed by atoms with Gasteiger partial charge in [-0.25, -0.2) is 4.57 Å². The largest absolute Gasteiger partial charge is 0.474 e. The van der Waals surface area contributed by atoms with E-state index < -0.39 is 7.82 Å². The van der Waals surface area contributed by atoms with Gasteiger partial charge in [0.25, 0.3) is 0 Å². The van der Waals surface area contributed by atoms with Crippen LogP contribution in [0, 0.1) is 0 Å². The second-order valence-electron chi connectivity index (χ2n) is 8.13. The monoisotopic (exact) mass is 440 g/mol. The molecule has 174 valence electrons. The van der Waals surface area contributed by atoms with E-state index in [0.717, 1.165) is 18.4 Å². The van der Waals surface area contributed by atoms with Crippen LogP contribution >= 0.6 is 7.82 Å². The molecule has 0 bridgehead atoms. The highest BCUT2D eigenvalue weighted by Gasteiger charge is 2.24. The standard InChI is InChI=1S/C25H45O4P/c1-3-4-5-6-7-8-9-10-11-12-13-14-15-19-23-28-30(26,27-2)29-24-22-25-20-17-16-18-21-25/h16-18,20-21H,3-15,19,22-24H2,1-2H3. The third kappa shape index (κ3) is 15.2. The zero-order valence-electron chi connectivity index (χ0n) is 19.5. The van der Waals surface area contributed by atoms with Crippen molar-refractivity contribution in [2.75, 3.05) is 20.3 Å². The predicted octanol–water partition coefficient (Wildman–Crippen LogP) is 8.50. The second-order valence-corrected chi connectivity index (χ2v) is 9.90. The summed E-state index contributed by atoms with van der Waals surface area (Å²) >= 11 is 0. The fourth-order valence-corrected chi connectivity index (χ4v) is 4.49. The topological polar surface area (TPSA) is 44.8 Å². The van der Waals surface area contributed by atoms with E-state index in [1.807, 2.05) is 30.3 Å². The van der Waals surface area contributed by atoms with Crippen molar-refractivity contribution in [3.8, 4) is 0 Å². The lowest BCUT2D eigenvalue weighted by molar-refractivity contribution is 0.130. The summed E-state index contributed by atoms with van der Waals surface area (Å²) in [6.07, 6.45) is 19.1. The van der Waals surface area contributed by atoms with Gasteiger partial charge in [-0.1, -0.05) is 121 Å². The molecule has 1 rings (SSSR count). The van der Waals surface area contributed by atoms with E-state index >= 15 is 0 Å². The molecule has 1 atom stereocenters. The molecule has 1 aromatic rings. The third-order valence-corrected chi connectivity index (χ3v) is 6.90. The molecule has 4 nitrogen and oxygen atoms in total. The Morgan fingerprint density at radius 3 is 1.63 bits per heavy atom. The van der Waals surface area contributed by atoms with Gasteiger partial charge in [0.15, 0.2) is 0 Å². The summed E-state index contributed by atoms with van der Waals surface area (Å²) in [5, 5.41) is 0. The maximum atomic E-state index is 12.4. The van der Waals surface area contributed by atoms with Crippen LogP contribution in [0.3, 0.4) is 0 Å². The molecule has 0 N–H and O–H groups in total. The molecule has 5 heteroatoms. The number of unbranched alkanes of at least 4 members (excludes halogenated alkanes) is 13. The number of benzene rings is 1. The maximum absolute atomic E-state index is 12.4. The predicted molar refractivity (Wildman–Crippen MR) is 127 cm³/mol. The van der Waals surface area contributed by atoms with E-state index in [4.69, 9.17) is 13.6 Å². The quantitative estimate of drug-likeness (QED) is 0.142. The molecule has 0 saturated carbocycles. The van der Waals surface area contributed by atoms with Gasteiger partial charge in [-0.2, -0.15) is 0 Å². The van der Waals surface area contributed by atoms with Crippen molar-refractivity contribution < 1.29 is 18.1 Å². The first-order valence-corrected chi connectivity index (χ1v) is 13.6. The summed E-state index contributed by atoms with van der Waals surface area (Å²) < 4.78 is 28.3. The molecule has 0 heterocycles. The zero-order chi connectivity index (χ0) is 21.8. The van der Waals surface area contributed by atoms with Crippen molar-refractivity contribution in [2.24, 2.45) is 0 Å². The maximum Gasteiger partial charge on any atom is 0.474 e. The number of hydrogen-bond donors (Lipinski definition) is 0. The second kappa shape index (κ2) is 19.0. The van der Waals surface area contributed by atoms with Crippen LogP contribution in [0.5, 0.6) is 0 Å². The van der Waals surface area contributed by atoms with Crippen molar-refractivity contribution in [1.82, 2.24) is 0 Å². The summed E-state index contributed by atoms with van der Waals surface area (Å²) in [5.41, 5.74) is 1.15. The molecular formula is C25H45O4P. The van der Waals surface area contributed by atoms with Gasteiger partial charge in [-0.05, 0) is 18.4 Å². The molecule has 0 radical (unpaired) electrons. The van der Waals surface area contributed by atoms with E-state index in [9.17, 15) is 4.57 Å². The molecule has 1 aromatic carbocycles. The molecule has 1 unspecified atom stereocenters. The van der Waals surface area contributed by atoms with Crippen LogP contribution in [0.15, 0.2) is 30.3 Å². The lowest BCUT2D eigenvalue weighted by Gasteiger charge is -2.16. The molecule has 0 aliphatic rings. The van der Waals surface area contributed by atoms with Gasteiger partial charge in [0.2, 0.25) is 0 Å². The van der Waals surface area contributed by atoms with Crippen molar-refractivity contribution in [1.29, 1.82) is 0 Å². The van der Waals surface area contributed by atoms with E-state index in [0.29, 0.717) is 19.6 Å². The lowest BCUT2D eigenvalue weighted by Crippen LogP contribution is -2.03. The Labute approximate surface area is 185 Å². The van der Waals surface area contributed by atoms with Crippen LogP contribution in [0.25, 0.3) is 0 Å². The summed E-state index contributed by atoms with van der Waals surface area (Å²) in [5.74, 6) is 0. The van der Waals surface area contributed by atoms with Gasteiger partial charge < -0.3 is 0 Å². The summed E-state index contributed by atoms with van der Waals surface area (Å²) in [7, 11) is -2.04. The van der Waals surface area contributed by atoms with Crippen LogP contribution in [0.2, 0.25) is 0 Å². The lowest BCUT2D eigenvalue weighted by atomic mass is 10.0. The SMILES string of the molecule is CCCCCCCCCCCCCCCCOP(=O)(OC)OCCc1ccccc1. The highest BCUT2D eigenvalue weighted by molar-refractivity contribution is 7.48. The first kappa shape index (κ1) is 27.4. The zero-order valence-corrected chi connectivity index (χ0v) is 20.4. The van der Waals surface area contributed by atoms with Gasteiger partial charge in [0.1, 0.15) is 0 Å². The molecule has 0 spiro atoms. The average molecular weight is 441 g/mol. The number of rotatable bonds is 21. The molecule has 0 saturated heterocycles. The van der Waals surface area contributed by atoms with Gasteiger partial charge in [-0.3, -0.25) is 13.6 Å². The minimum atomic E-state index is -3.42. The third-order valence-electron chi connectivity index (χ3n) is 5.45. The highest BCUT2D eigenvalue weighted by atomic mass is 31.2. The number of phosphoric ester groups is 1. The van der Waals surface area contributed by atoms with Gasteiger partial charge in [0.05, 0.1) is 13.2 Å². The molecular weight excluding hydrogens is 395 g/mol. The summed E-state index contributed by atoms with van der Waals surface area (Å²) in [6.45, 7) is 3.02. The Bertz CT molecular complexity index is 535. The summed E-state index contributed by atoms with van der Waals surface area (Å²) in [6, 6.07) is 9.99. The number of hydrogen-bond acceptors (Lipinski definition) is 4. The molecule has 30 heavy (non-hydrogen) atoms. The van der Waals surface area contributed by atoms with Gasteiger partial charge in [-0.15, -0.1) is 0 Å². The molecule has 0 aliphatic heterocycles. The van der Waals surface area contributed by atoms with Crippen LogP contribution in [-0.2, 0) is 24.6 Å². The van der Waals surface area contributed by atoms with E-state index in [2.05, 4.69) is 6.92 Å². The fourth-order valence-electron chi connectivity index (χ4n) is 3.54. The normalized spacial score (nSPS) is 13.4. The Hall–Kier alpha value is -0.670. The van der Waals surface area contributed by atoms with Crippen molar-refractivity contribution >= 4 is 7.82 Å². The molecule has 0 fully saturated rings. The minimum absolute atomic E-state index is 0.327. The van der Waals surface area contributed by atoms with Crippen LogP contribution in [0.4, 0.5) is 0 Å². The van der Waals surface area contributed by atoms with Crippen LogP contribution < -0.4 is 0 Å². The van der Waals surface area contributed by atoms with E-state index in [-0.39, 0.29) is 0 Å². The Morgan fingerprint density at radius 2 is 1.13 bits per heavy atom. The van der Waals surface area contributed by atoms with Crippen molar-refractivity contribution in [3.05, 3.63) is 35.9 Å². The minimum Gasteiger partial charge on any atom is -0.290 e. The smallest absolute Gasteiger partial charge is 0.290 e. The molecule has 0 amide bonds. The molecule has 0 aliphatic carbocycles.